The van der Waals surface area contributed by atoms with E-state index in [2.05, 4.69) is 4.98 Å². The van der Waals surface area contributed by atoms with Crippen LogP contribution in [0.3, 0.4) is 0 Å². The summed E-state index contributed by atoms with van der Waals surface area (Å²) in [4.78, 5) is 40.2. The van der Waals surface area contributed by atoms with Crippen LogP contribution >= 0.6 is 0 Å². The van der Waals surface area contributed by atoms with Crippen molar-refractivity contribution in [2.24, 2.45) is 5.92 Å². The van der Waals surface area contributed by atoms with Crippen molar-refractivity contribution in [2.45, 2.75) is 52.8 Å². The van der Waals surface area contributed by atoms with E-state index in [9.17, 15) is 27.6 Å². The zero-order valence-corrected chi connectivity index (χ0v) is 16.8. The van der Waals surface area contributed by atoms with Gasteiger partial charge in [0.1, 0.15) is 12.2 Å². The lowest BCUT2D eigenvalue weighted by atomic mass is 10.1. The van der Waals surface area contributed by atoms with Gasteiger partial charge in [0.2, 0.25) is 0 Å². The van der Waals surface area contributed by atoms with E-state index in [0.717, 1.165) is 12.8 Å². The highest BCUT2D eigenvalue weighted by atomic mass is 19.4. The molecule has 2 rings (SSSR count). The van der Waals surface area contributed by atoms with Crippen molar-refractivity contribution >= 4 is 17.8 Å². The monoisotopic (exact) mass is 418 g/mol. The summed E-state index contributed by atoms with van der Waals surface area (Å²) < 4.78 is 48.5. The summed E-state index contributed by atoms with van der Waals surface area (Å²) in [6.07, 6.45) is -3.02. The Bertz CT molecular complexity index is 784. The van der Waals surface area contributed by atoms with Gasteiger partial charge in [-0.25, -0.2) is 9.59 Å². The van der Waals surface area contributed by atoms with Crippen LogP contribution in [0.25, 0.3) is 0 Å². The van der Waals surface area contributed by atoms with Crippen molar-refractivity contribution < 1.29 is 37.0 Å². The molecule has 1 aromatic heterocycles. The molecule has 0 aliphatic heterocycles. The maximum Gasteiger partial charge on any atom is 0.406 e. The lowest BCUT2D eigenvalue weighted by Crippen LogP contribution is -2.47. The van der Waals surface area contributed by atoms with Crippen molar-refractivity contribution in [3.8, 4) is 0 Å². The van der Waals surface area contributed by atoms with Gasteiger partial charge in [-0.1, -0.05) is 0 Å². The van der Waals surface area contributed by atoms with Gasteiger partial charge in [0.05, 0.1) is 12.2 Å². The summed E-state index contributed by atoms with van der Waals surface area (Å²) in [6.45, 7) is 4.20. The highest BCUT2D eigenvalue weighted by Crippen LogP contribution is 2.36. The number of halogens is 3. The molecule has 1 atom stereocenters. The van der Waals surface area contributed by atoms with Crippen molar-refractivity contribution in [1.29, 1.82) is 0 Å². The Morgan fingerprint density at radius 2 is 1.79 bits per heavy atom. The van der Waals surface area contributed by atoms with Crippen molar-refractivity contribution in [3.05, 3.63) is 22.5 Å². The van der Waals surface area contributed by atoms with Gasteiger partial charge >= 0.3 is 18.1 Å². The smallest absolute Gasteiger partial charge is 0.406 e. The fraction of sp³-hybridized carbons (Fsp3) is 0.632. The molecule has 1 N–H and O–H groups in total. The predicted octanol–water partition coefficient (Wildman–Crippen LogP) is 3.15. The first-order valence-corrected chi connectivity index (χ1v) is 9.35. The molecule has 1 aliphatic rings. The molecular formula is C19H25F3N2O5. The highest BCUT2D eigenvalue weighted by Gasteiger charge is 2.40. The Balaban J connectivity index is 2.08. The number of alkyl halides is 3. The number of esters is 2. The molecule has 1 unspecified atom stereocenters. The third-order valence-electron chi connectivity index (χ3n) is 4.91. The van der Waals surface area contributed by atoms with Crippen molar-refractivity contribution in [2.75, 3.05) is 19.8 Å². The number of nitrogens with zero attached hydrogens (tertiary/aromatic N) is 1. The molecule has 162 valence electrons. The summed E-state index contributed by atoms with van der Waals surface area (Å²) in [5.74, 6) is -2.42. The average molecular weight is 418 g/mol. The van der Waals surface area contributed by atoms with E-state index >= 15 is 0 Å². The number of hydrogen-bond donors (Lipinski definition) is 1. The first-order chi connectivity index (χ1) is 13.5. The Morgan fingerprint density at radius 3 is 2.31 bits per heavy atom. The van der Waals surface area contributed by atoms with E-state index in [1.807, 2.05) is 0 Å². The Hall–Kier alpha value is -2.52. The molecule has 10 heteroatoms. The van der Waals surface area contributed by atoms with Gasteiger partial charge in [-0.05, 0) is 52.0 Å². The zero-order valence-electron chi connectivity index (χ0n) is 16.8. The molecule has 1 aliphatic carbocycles. The van der Waals surface area contributed by atoms with Crippen LogP contribution < -0.4 is 0 Å². The van der Waals surface area contributed by atoms with Crippen molar-refractivity contribution in [1.82, 2.24) is 9.88 Å². The molecule has 29 heavy (non-hydrogen) atoms. The minimum Gasteiger partial charge on any atom is -0.461 e. The maximum atomic E-state index is 12.9. The predicted molar refractivity (Wildman–Crippen MR) is 96.5 cm³/mol. The fourth-order valence-corrected chi connectivity index (χ4v) is 3.23. The van der Waals surface area contributed by atoms with E-state index in [0.29, 0.717) is 10.6 Å². The lowest BCUT2D eigenvalue weighted by molar-refractivity contribution is -0.167. The number of aromatic nitrogens is 1. The first-order valence-electron chi connectivity index (χ1n) is 9.35. The second-order valence-electron chi connectivity index (χ2n) is 7.14. The first kappa shape index (κ1) is 22.8. The molecule has 0 bridgehead atoms. The SMILES string of the molecule is CCOC(=O)c1[nH]c(C)c(C(=O)OCC(=O)N(CC(F)(F)F)C(C)C2CC2)c1C. The topological polar surface area (TPSA) is 88.7 Å². The summed E-state index contributed by atoms with van der Waals surface area (Å²) in [6, 6.07) is -0.589. The van der Waals surface area contributed by atoms with Crippen LogP contribution in [-0.4, -0.2) is 59.7 Å². The van der Waals surface area contributed by atoms with E-state index < -0.39 is 43.2 Å². The minimum absolute atomic E-state index is 0.0262. The normalized spacial score (nSPS) is 15.0. The van der Waals surface area contributed by atoms with E-state index in [4.69, 9.17) is 9.47 Å². The molecule has 1 saturated carbocycles. The Kier molecular flexibility index (Phi) is 6.97. The number of nitrogens with one attached hydrogen (secondary N) is 1. The second kappa shape index (κ2) is 8.87. The zero-order chi connectivity index (χ0) is 21.9. The van der Waals surface area contributed by atoms with Crippen LogP contribution in [-0.2, 0) is 14.3 Å². The minimum atomic E-state index is -4.55. The average Bonchev–Trinajstić information content (AvgIpc) is 3.41. The van der Waals surface area contributed by atoms with Crippen LogP contribution in [0.15, 0.2) is 0 Å². The summed E-state index contributed by atoms with van der Waals surface area (Å²) in [7, 11) is 0. The lowest BCUT2D eigenvalue weighted by Gasteiger charge is -2.30. The summed E-state index contributed by atoms with van der Waals surface area (Å²) in [5, 5.41) is 0. The van der Waals surface area contributed by atoms with Crippen LogP contribution in [0, 0.1) is 19.8 Å². The van der Waals surface area contributed by atoms with Crippen LogP contribution in [0.1, 0.15) is 58.8 Å². The maximum absolute atomic E-state index is 12.9. The number of H-pyrrole nitrogens is 1. The molecule has 1 fully saturated rings. The number of rotatable bonds is 8. The molecule has 1 heterocycles. The Morgan fingerprint density at radius 1 is 1.17 bits per heavy atom. The Labute approximate surface area is 166 Å². The fourth-order valence-electron chi connectivity index (χ4n) is 3.23. The van der Waals surface area contributed by atoms with E-state index in [1.54, 1.807) is 20.8 Å². The van der Waals surface area contributed by atoms with Gasteiger partial charge in [-0.15, -0.1) is 0 Å². The largest absolute Gasteiger partial charge is 0.461 e. The number of carbonyl (C=O) groups is 3. The number of aromatic amines is 1. The molecular weight excluding hydrogens is 393 g/mol. The molecule has 0 saturated heterocycles. The molecule has 1 amide bonds. The third kappa shape index (κ3) is 5.74. The third-order valence-corrected chi connectivity index (χ3v) is 4.91. The molecule has 0 spiro atoms. The highest BCUT2D eigenvalue weighted by molar-refractivity contribution is 5.99. The van der Waals surface area contributed by atoms with Gasteiger partial charge in [0, 0.05) is 11.7 Å². The standard InChI is InChI=1S/C19H25F3N2O5/c1-5-28-18(27)16-10(2)15(11(3)23-16)17(26)29-8-14(25)24(9-19(20,21)22)12(4)13-6-7-13/h12-13,23H,5-9H2,1-4H3. The quantitative estimate of drug-likeness (QED) is 0.655. The molecule has 0 aromatic carbocycles. The molecule has 7 nitrogen and oxygen atoms in total. The second-order valence-corrected chi connectivity index (χ2v) is 7.14. The van der Waals surface area contributed by atoms with Crippen LogP contribution in [0.4, 0.5) is 13.2 Å². The van der Waals surface area contributed by atoms with Crippen molar-refractivity contribution in [3.63, 3.8) is 0 Å². The number of hydrogen-bond acceptors (Lipinski definition) is 5. The van der Waals surface area contributed by atoms with Gasteiger partial charge in [-0.3, -0.25) is 4.79 Å². The molecule has 1 aromatic rings. The van der Waals surface area contributed by atoms with Gasteiger partial charge in [-0.2, -0.15) is 13.2 Å². The summed E-state index contributed by atoms with van der Waals surface area (Å²) in [5.41, 5.74) is 0.764. The summed E-state index contributed by atoms with van der Waals surface area (Å²) >= 11 is 0. The number of amides is 1. The number of carbonyl (C=O) groups excluding carboxylic acids is 3. The van der Waals surface area contributed by atoms with Crippen LogP contribution in [0.5, 0.6) is 0 Å². The van der Waals surface area contributed by atoms with Gasteiger partial charge < -0.3 is 19.4 Å². The number of ether oxygens (including phenoxy) is 2. The number of aryl methyl sites for hydroxylation is 1. The van der Waals surface area contributed by atoms with Crippen LogP contribution in [0.2, 0.25) is 0 Å². The van der Waals surface area contributed by atoms with Gasteiger partial charge in [0.15, 0.2) is 6.61 Å². The molecule has 0 radical (unpaired) electrons. The van der Waals surface area contributed by atoms with E-state index in [1.165, 1.54) is 6.92 Å². The van der Waals surface area contributed by atoms with E-state index in [-0.39, 0.29) is 29.3 Å². The van der Waals surface area contributed by atoms with Gasteiger partial charge in [0.25, 0.3) is 5.91 Å².